The largest absolute Gasteiger partial charge is 0.289 e. The summed E-state index contributed by atoms with van der Waals surface area (Å²) >= 11 is 0. The van der Waals surface area contributed by atoms with Crippen LogP contribution >= 0.6 is 0 Å². The number of hydrogen-bond acceptors (Lipinski definition) is 3. The normalized spacial score (nSPS) is 15.9. The number of ketones is 1. The molecule has 3 nitrogen and oxygen atoms in total. The molecule has 2 aromatic rings. The van der Waals surface area contributed by atoms with Crippen LogP contribution in [0.2, 0.25) is 0 Å². The van der Waals surface area contributed by atoms with E-state index in [0.717, 1.165) is 5.56 Å². The molecule has 1 aliphatic heterocycles. The van der Waals surface area contributed by atoms with E-state index in [2.05, 4.69) is 0 Å². The Kier molecular flexibility index (Phi) is 2.19. The van der Waals surface area contributed by atoms with Gasteiger partial charge in [-0.05, 0) is 31.2 Å². The van der Waals surface area contributed by atoms with E-state index in [-0.39, 0.29) is 26.7 Å². The predicted octanol–water partition coefficient (Wildman–Crippen LogP) is 2.37. The zero-order valence-electron chi connectivity index (χ0n) is 9.67. The Bertz CT molecular complexity index is 773. The molecule has 0 radical (unpaired) electrons. The van der Waals surface area contributed by atoms with Crippen LogP contribution in [-0.2, 0) is 9.84 Å². The number of carbonyl (C=O) groups is 1. The van der Waals surface area contributed by atoms with Crippen molar-refractivity contribution in [3.63, 3.8) is 0 Å². The standard InChI is InChI=1S/C14H10O3S/c1-9-6-7-13-11(8-9)14(15)10-4-2-3-5-12(10)18(13,16)17/h2-8H,1H3. The van der Waals surface area contributed by atoms with Crippen LogP contribution in [0.25, 0.3) is 0 Å². The van der Waals surface area contributed by atoms with E-state index < -0.39 is 9.84 Å². The molecule has 0 saturated heterocycles. The second-order valence-corrected chi connectivity index (χ2v) is 6.21. The maximum Gasteiger partial charge on any atom is 0.208 e. The summed E-state index contributed by atoms with van der Waals surface area (Å²) in [6.07, 6.45) is 0. The van der Waals surface area contributed by atoms with Gasteiger partial charge < -0.3 is 0 Å². The van der Waals surface area contributed by atoms with Crippen LogP contribution in [0.3, 0.4) is 0 Å². The fourth-order valence-electron chi connectivity index (χ4n) is 2.21. The van der Waals surface area contributed by atoms with Crippen LogP contribution < -0.4 is 0 Å². The number of sulfone groups is 1. The Morgan fingerprint density at radius 1 is 0.889 bits per heavy atom. The second kappa shape index (κ2) is 3.53. The maximum atomic E-state index is 12.4. The molecule has 0 bridgehead atoms. The lowest BCUT2D eigenvalue weighted by atomic mass is 10.0. The van der Waals surface area contributed by atoms with Crippen molar-refractivity contribution in [1.82, 2.24) is 0 Å². The molecular weight excluding hydrogens is 248 g/mol. The monoisotopic (exact) mass is 258 g/mol. The first-order valence-corrected chi connectivity index (χ1v) is 6.99. The average Bonchev–Trinajstić information content (AvgIpc) is 2.36. The van der Waals surface area contributed by atoms with E-state index in [1.807, 2.05) is 6.92 Å². The SMILES string of the molecule is Cc1ccc2c(c1)C(=O)c1ccccc1S2(=O)=O. The van der Waals surface area contributed by atoms with Gasteiger partial charge in [0.2, 0.25) is 9.84 Å². The van der Waals surface area contributed by atoms with Crippen LogP contribution in [-0.4, -0.2) is 14.2 Å². The fraction of sp³-hybridized carbons (Fsp3) is 0.0714. The molecule has 1 heterocycles. The first kappa shape index (κ1) is 11.2. The van der Waals surface area contributed by atoms with Crippen LogP contribution in [0.4, 0.5) is 0 Å². The van der Waals surface area contributed by atoms with Crippen molar-refractivity contribution in [2.45, 2.75) is 16.7 Å². The Labute approximate surface area is 105 Å². The minimum atomic E-state index is -3.57. The molecule has 1 aliphatic rings. The number of fused-ring (bicyclic) bond motifs is 2. The van der Waals surface area contributed by atoms with Crippen molar-refractivity contribution in [2.75, 3.05) is 0 Å². The molecule has 0 aliphatic carbocycles. The molecule has 0 fully saturated rings. The highest BCUT2D eigenvalue weighted by Gasteiger charge is 2.34. The molecule has 2 aromatic carbocycles. The molecule has 0 atom stereocenters. The van der Waals surface area contributed by atoms with Crippen LogP contribution in [0.5, 0.6) is 0 Å². The minimum absolute atomic E-state index is 0.103. The van der Waals surface area contributed by atoms with Gasteiger partial charge >= 0.3 is 0 Å². The molecule has 90 valence electrons. The Morgan fingerprint density at radius 3 is 2.33 bits per heavy atom. The smallest absolute Gasteiger partial charge is 0.208 e. The third-order valence-corrected chi connectivity index (χ3v) is 4.96. The molecule has 18 heavy (non-hydrogen) atoms. The Hall–Kier alpha value is -1.94. The van der Waals surface area contributed by atoms with Crippen LogP contribution in [0, 0.1) is 6.92 Å². The van der Waals surface area contributed by atoms with Gasteiger partial charge in [0.05, 0.1) is 9.79 Å². The van der Waals surface area contributed by atoms with Gasteiger partial charge in [0, 0.05) is 11.1 Å². The number of benzene rings is 2. The van der Waals surface area contributed by atoms with Crippen LogP contribution in [0.1, 0.15) is 21.5 Å². The number of rotatable bonds is 0. The molecular formula is C14H10O3S. The van der Waals surface area contributed by atoms with E-state index in [9.17, 15) is 13.2 Å². The summed E-state index contributed by atoms with van der Waals surface area (Å²) in [5.74, 6) is -0.223. The summed E-state index contributed by atoms with van der Waals surface area (Å²) in [6, 6.07) is 11.2. The molecule has 0 amide bonds. The van der Waals surface area contributed by atoms with Gasteiger partial charge in [0.25, 0.3) is 0 Å². The summed E-state index contributed by atoms with van der Waals surface area (Å²) < 4.78 is 24.8. The van der Waals surface area contributed by atoms with Crippen LogP contribution in [0.15, 0.2) is 52.3 Å². The molecule has 4 heteroatoms. The lowest BCUT2D eigenvalue weighted by molar-refractivity contribution is 0.103. The first-order chi connectivity index (χ1) is 8.51. The van der Waals surface area contributed by atoms with Crippen molar-refractivity contribution in [1.29, 1.82) is 0 Å². The third-order valence-electron chi connectivity index (χ3n) is 3.09. The highest BCUT2D eigenvalue weighted by atomic mass is 32.2. The van der Waals surface area contributed by atoms with Gasteiger partial charge in [-0.3, -0.25) is 4.79 Å². The topological polar surface area (TPSA) is 51.2 Å². The second-order valence-electron chi connectivity index (χ2n) is 4.33. The molecule has 0 aromatic heterocycles. The Balaban J connectivity index is 2.45. The minimum Gasteiger partial charge on any atom is -0.289 e. The molecule has 0 saturated carbocycles. The highest BCUT2D eigenvalue weighted by molar-refractivity contribution is 7.91. The van der Waals surface area contributed by atoms with Gasteiger partial charge in [-0.2, -0.15) is 0 Å². The van der Waals surface area contributed by atoms with Gasteiger partial charge in [-0.1, -0.05) is 23.8 Å². The third kappa shape index (κ3) is 1.36. The number of aryl methyl sites for hydroxylation is 1. The lowest BCUT2D eigenvalue weighted by Gasteiger charge is -2.18. The van der Waals surface area contributed by atoms with Crippen molar-refractivity contribution in [3.8, 4) is 0 Å². The molecule has 0 unspecified atom stereocenters. The van der Waals surface area contributed by atoms with E-state index >= 15 is 0 Å². The van der Waals surface area contributed by atoms with Gasteiger partial charge in [-0.25, -0.2) is 8.42 Å². The van der Waals surface area contributed by atoms with E-state index in [1.165, 1.54) is 12.1 Å². The molecule has 3 rings (SSSR count). The number of hydrogen-bond donors (Lipinski definition) is 0. The Morgan fingerprint density at radius 2 is 1.56 bits per heavy atom. The van der Waals surface area contributed by atoms with E-state index in [1.54, 1.807) is 30.3 Å². The van der Waals surface area contributed by atoms with Crippen molar-refractivity contribution in [2.24, 2.45) is 0 Å². The van der Waals surface area contributed by atoms with E-state index in [0.29, 0.717) is 0 Å². The predicted molar refractivity (Wildman–Crippen MR) is 66.5 cm³/mol. The zero-order valence-corrected chi connectivity index (χ0v) is 10.5. The molecule has 0 N–H and O–H groups in total. The highest BCUT2D eigenvalue weighted by Crippen LogP contribution is 2.34. The average molecular weight is 258 g/mol. The van der Waals surface area contributed by atoms with Gasteiger partial charge in [0.1, 0.15) is 0 Å². The summed E-state index contributed by atoms with van der Waals surface area (Å²) in [5, 5.41) is 0. The fourth-order valence-corrected chi connectivity index (χ4v) is 3.84. The van der Waals surface area contributed by atoms with Gasteiger partial charge in [0.15, 0.2) is 5.78 Å². The maximum absolute atomic E-state index is 12.4. The lowest BCUT2D eigenvalue weighted by Crippen LogP contribution is -2.20. The quantitative estimate of drug-likeness (QED) is 0.622. The molecule has 0 spiro atoms. The van der Waals surface area contributed by atoms with Crippen molar-refractivity contribution >= 4 is 15.6 Å². The van der Waals surface area contributed by atoms with Gasteiger partial charge in [-0.15, -0.1) is 0 Å². The first-order valence-electron chi connectivity index (χ1n) is 5.51. The summed E-state index contributed by atoms with van der Waals surface area (Å²) in [5.41, 5.74) is 1.40. The van der Waals surface area contributed by atoms with E-state index in [4.69, 9.17) is 0 Å². The van der Waals surface area contributed by atoms with Crippen molar-refractivity contribution in [3.05, 3.63) is 59.2 Å². The zero-order chi connectivity index (χ0) is 12.9. The van der Waals surface area contributed by atoms with Crippen molar-refractivity contribution < 1.29 is 13.2 Å². The summed E-state index contributed by atoms with van der Waals surface area (Å²) in [6.45, 7) is 1.83. The summed E-state index contributed by atoms with van der Waals surface area (Å²) in [4.78, 5) is 12.5. The number of carbonyl (C=O) groups excluding carboxylic acids is 1. The summed E-state index contributed by atoms with van der Waals surface area (Å²) in [7, 11) is -3.57.